The molecule has 0 aliphatic heterocycles. The second kappa shape index (κ2) is 13.6. The van der Waals surface area contributed by atoms with Gasteiger partial charge in [-0.15, -0.1) is 0 Å². The molecule has 0 aromatic carbocycles. The first-order valence-corrected chi connectivity index (χ1v) is 10.8. The highest BCUT2D eigenvalue weighted by atomic mass is 16.5. The fourth-order valence-electron chi connectivity index (χ4n) is 4.04. The third-order valence-electron chi connectivity index (χ3n) is 5.53. The molecule has 1 aliphatic carbocycles. The minimum absolute atomic E-state index is 0.0390. The maximum atomic E-state index is 13.0. The van der Waals surface area contributed by atoms with Gasteiger partial charge in [-0.05, 0) is 32.4 Å². The maximum Gasteiger partial charge on any atom is 0.334 e. The molecule has 0 radical (unpaired) electrons. The Balaban J connectivity index is 3.33. The van der Waals surface area contributed by atoms with Crippen molar-refractivity contribution in [2.24, 2.45) is 11.3 Å². The Morgan fingerprint density at radius 3 is 2.48 bits per heavy atom. The average Bonchev–Trinajstić information content (AvgIpc) is 3.11. The highest BCUT2D eigenvalue weighted by Gasteiger charge is 2.59. The Bertz CT molecular complexity index is 783. The van der Waals surface area contributed by atoms with Gasteiger partial charge in [0, 0.05) is 32.8 Å². The molecular formula is C24H34O9. The molecule has 4 atom stereocenters. The van der Waals surface area contributed by atoms with Crippen LogP contribution in [0.15, 0.2) is 36.6 Å². The van der Waals surface area contributed by atoms with E-state index in [1.807, 2.05) is 0 Å². The van der Waals surface area contributed by atoms with Crippen LogP contribution in [0, 0.1) is 11.3 Å². The van der Waals surface area contributed by atoms with Crippen molar-refractivity contribution in [1.82, 2.24) is 0 Å². The third-order valence-corrected chi connectivity index (χ3v) is 5.53. The molecular weight excluding hydrogens is 432 g/mol. The minimum atomic E-state index is -1.53. The van der Waals surface area contributed by atoms with Gasteiger partial charge >= 0.3 is 17.9 Å². The molecule has 1 aliphatic rings. The zero-order valence-corrected chi connectivity index (χ0v) is 20.0. The molecule has 0 aromatic heterocycles. The molecule has 0 bridgehead atoms. The molecule has 0 unspecified atom stereocenters. The van der Waals surface area contributed by atoms with E-state index >= 15 is 0 Å². The van der Waals surface area contributed by atoms with E-state index in [9.17, 15) is 19.2 Å². The van der Waals surface area contributed by atoms with Crippen molar-refractivity contribution in [1.29, 1.82) is 0 Å². The maximum absolute atomic E-state index is 13.0. The number of carbonyl (C=O) groups excluding carboxylic acids is 4. The van der Waals surface area contributed by atoms with Crippen LogP contribution in [0.3, 0.4) is 0 Å². The van der Waals surface area contributed by atoms with Gasteiger partial charge in [0.25, 0.3) is 0 Å². The van der Waals surface area contributed by atoms with Crippen molar-refractivity contribution in [3.8, 4) is 0 Å². The van der Waals surface area contributed by atoms with Gasteiger partial charge in [0.05, 0.1) is 25.9 Å². The van der Waals surface area contributed by atoms with Crippen molar-refractivity contribution in [3.05, 3.63) is 36.6 Å². The van der Waals surface area contributed by atoms with E-state index in [1.54, 1.807) is 13.8 Å². The summed E-state index contributed by atoms with van der Waals surface area (Å²) >= 11 is 0. The smallest absolute Gasteiger partial charge is 0.334 e. The van der Waals surface area contributed by atoms with Crippen LogP contribution in [-0.2, 0) is 42.9 Å². The summed E-state index contributed by atoms with van der Waals surface area (Å²) in [5, 5.41) is 0. The van der Waals surface area contributed by atoms with Crippen LogP contribution in [0.5, 0.6) is 0 Å². The summed E-state index contributed by atoms with van der Waals surface area (Å²) in [5.41, 5.74) is -1.53. The van der Waals surface area contributed by atoms with Crippen molar-refractivity contribution < 1.29 is 42.9 Å². The van der Waals surface area contributed by atoms with Gasteiger partial charge in [-0.3, -0.25) is 14.4 Å². The van der Waals surface area contributed by atoms with Crippen molar-refractivity contribution >= 4 is 23.7 Å². The lowest BCUT2D eigenvalue weighted by Gasteiger charge is -2.35. The third kappa shape index (κ3) is 7.56. The van der Waals surface area contributed by atoms with Crippen LogP contribution >= 0.6 is 0 Å². The second-order valence-electron chi connectivity index (χ2n) is 7.58. The number of ether oxygens (including phenoxy) is 5. The molecule has 1 rings (SSSR count). The highest BCUT2D eigenvalue weighted by molar-refractivity contribution is 6.06. The number of esters is 3. The van der Waals surface area contributed by atoms with Gasteiger partial charge in [0.1, 0.15) is 23.9 Å². The predicted octanol–water partition coefficient (Wildman–Crippen LogP) is 2.69. The molecule has 0 heterocycles. The molecule has 0 saturated heterocycles. The van der Waals surface area contributed by atoms with Crippen LogP contribution in [-0.4, -0.2) is 63.3 Å². The number of ketones is 1. The number of methoxy groups -OCH3 is 2. The Labute approximate surface area is 194 Å². The van der Waals surface area contributed by atoms with E-state index in [4.69, 9.17) is 23.7 Å². The number of allylic oxidation sites excluding steroid dienone is 1. The Morgan fingerprint density at radius 2 is 1.94 bits per heavy atom. The van der Waals surface area contributed by atoms with Crippen LogP contribution in [0.4, 0.5) is 0 Å². The fraction of sp³-hybridized carbons (Fsp3) is 0.583. The lowest BCUT2D eigenvalue weighted by Crippen LogP contribution is -2.48. The van der Waals surface area contributed by atoms with E-state index < -0.39 is 41.4 Å². The zero-order valence-electron chi connectivity index (χ0n) is 20.0. The van der Waals surface area contributed by atoms with E-state index in [-0.39, 0.29) is 37.6 Å². The zero-order chi connectivity index (χ0) is 25.0. The minimum Gasteiger partial charge on any atom is -0.494 e. The first-order chi connectivity index (χ1) is 15.7. The SMILES string of the molecule is C=CCOC(=O)/C=C(/C=C/[C@@H](C[C@@]1(C(=O)OC)C(=O)CC[C@@H]1[C@@H](C)OC)OC(C)=O)OCC. The molecule has 0 aromatic rings. The lowest BCUT2D eigenvalue weighted by molar-refractivity contribution is -0.167. The van der Waals surface area contributed by atoms with E-state index in [1.165, 1.54) is 39.4 Å². The molecule has 0 N–H and O–H groups in total. The molecule has 1 fully saturated rings. The number of rotatable bonds is 13. The van der Waals surface area contributed by atoms with Crippen LogP contribution in [0.25, 0.3) is 0 Å². The van der Waals surface area contributed by atoms with Gasteiger partial charge in [-0.1, -0.05) is 12.7 Å². The number of hydrogen-bond acceptors (Lipinski definition) is 9. The quantitative estimate of drug-likeness (QED) is 0.0768. The molecule has 184 valence electrons. The average molecular weight is 467 g/mol. The van der Waals surface area contributed by atoms with Crippen molar-refractivity contribution in [2.45, 2.75) is 52.2 Å². The summed E-state index contributed by atoms with van der Waals surface area (Å²) in [6.45, 7) is 8.52. The van der Waals surface area contributed by atoms with Gasteiger partial charge in [0.15, 0.2) is 5.78 Å². The molecule has 9 nitrogen and oxygen atoms in total. The molecule has 1 saturated carbocycles. The van der Waals surface area contributed by atoms with Gasteiger partial charge < -0.3 is 23.7 Å². The van der Waals surface area contributed by atoms with Crippen molar-refractivity contribution in [3.63, 3.8) is 0 Å². The monoisotopic (exact) mass is 466 g/mol. The lowest BCUT2D eigenvalue weighted by atomic mass is 9.70. The van der Waals surface area contributed by atoms with Gasteiger partial charge in [-0.2, -0.15) is 0 Å². The Kier molecular flexibility index (Phi) is 11.6. The first kappa shape index (κ1) is 28.1. The van der Waals surface area contributed by atoms with Gasteiger partial charge in [0.2, 0.25) is 0 Å². The summed E-state index contributed by atoms with van der Waals surface area (Å²) in [6.07, 6.45) is 4.59. The Morgan fingerprint density at radius 1 is 1.24 bits per heavy atom. The van der Waals surface area contributed by atoms with Crippen LogP contribution < -0.4 is 0 Å². The second-order valence-corrected chi connectivity index (χ2v) is 7.58. The number of hydrogen-bond donors (Lipinski definition) is 0. The van der Waals surface area contributed by atoms with Crippen LogP contribution in [0.2, 0.25) is 0 Å². The van der Waals surface area contributed by atoms with E-state index in [0.717, 1.165) is 6.08 Å². The molecule has 33 heavy (non-hydrogen) atoms. The fourth-order valence-corrected chi connectivity index (χ4v) is 4.04. The largest absolute Gasteiger partial charge is 0.494 e. The molecule has 0 amide bonds. The normalized spacial score (nSPS) is 22.5. The number of carbonyl (C=O) groups is 4. The van der Waals surface area contributed by atoms with E-state index in [0.29, 0.717) is 6.42 Å². The first-order valence-electron chi connectivity index (χ1n) is 10.8. The molecule has 0 spiro atoms. The summed E-state index contributed by atoms with van der Waals surface area (Å²) < 4.78 is 26.2. The number of Topliss-reactive ketones (excluding diaryl/α,β-unsaturated/α-hetero) is 1. The van der Waals surface area contributed by atoms with Crippen LogP contribution in [0.1, 0.15) is 40.0 Å². The summed E-state index contributed by atoms with van der Waals surface area (Å²) in [4.78, 5) is 49.6. The standard InChI is InChI=1S/C24H34O9/c1-7-13-32-22(27)14-18(31-8-2)9-10-19(33-17(4)25)15-24(23(28)30-6)20(16(3)29-5)11-12-21(24)26/h7,9-10,14,16,19-20H,1,8,11-13,15H2,2-6H3/b10-9+,18-14-/t16-,19+,20-,24+/m1/s1. The molecule has 9 heteroatoms. The topological polar surface area (TPSA) is 114 Å². The van der Waals surface area contributed by atoms with Gasteiger partial charge in [-0.25, -0.2) is 4.79 Å². The Hall–Kier alpha value is -2.94. The highest BCUT2D eigenvalue weighted by Crippen LogP contribution is 2.48. The summed E-state index contributed by atoms with van der Waals surface area (Å²) in [7, 11) is 2.72. The summed E-state index contributed by atoms with van der Waals surface area (Å²) in [6, 6.07) is 0. The van der Waals surface area contributed by atoms with E-state index in [2.05, 4.69) is 6.58 Å². The predicted molar refractivity (Wildman–Crippen MR) is 119 cm³/mol. The summed E-state index contributed by atoms with van der Waals surface area (Å²) in [5.74, 6) is -2.52. The van der Waals surface area contributed by atoms with Crippen molar-refractivity contribution in [2.75, 3.05) is 27.4 Å².